The van der Waals surface area contributed by atoms with Crippen molar-refractivity contribution in [3.05, 3.63) is 210 Å². The van der Waals surface area contributed by atoms with Crippen LogP contribution in [0.1, 0.15) is 43.2 Å². The van der Waals surface area contributed by atoms with Gasteiger partial charge in [0.15, 0.2) is 0 Å². The zero-order chi connectivity index (χ0) is 40.7. The summed E-state index contributed by atoms with van der Waals surface area (Å²) >= 11 is 0. The van der Waals surface area contributed by atoms with Crippen LogP contribution in [0.25, 0.3) is 55.8 Å². The van der Waals surface area contributed by atoms with Crippen molar-refractivity contribution in [2.75, 3.05) is 0 Å². The smallest absolute Gasteiger partial charge is 0.354 e. The number of hydrogen-bond acceptors (Lipinski definition) is 5. The van der Waals surface area contributed by atoms with Gasteiger partial charge < -0.3 is 15.2 Å². The summed E-state index contributed by atoms with van der Waals surface area (Å²) in [6.07, 6.45) is 7.50. The molecule has 0 aliphatic heterocycles. The van der Waals surface area contributed by atoms with Crippen molar-refractivity contribution >= 4 is 11.9 Å². The summed E-state index contributed by atoms with van der Waals surface area (Å²) in [4.78, 5) is 35.9. The van der Waals surface area contributed by atoms with Gasteiger partial charge in [-0.2, -0.15) is 0 Å². The zero-order valence-electron chi connectivity index (χ0n) is 32.2. The summed E-state index contributed by atoms with van der Waals surface area (Å²) in [5.74, 6) is -2.53. The maximum atomic E-state index is 15.5. The van der Waals surface area contributed by atoms with Crippen LogP contribution in [0.15, 0.2) is 164 Å². The molecular formula is C51H37FIrN3O4-. The molecule has 8 aromatic rings. The van der Waals surface area contributed by atoms with Crippen molar-refractivity contribution < 1.29 is 44.3 Å². The van der Waals surface area contributed by atoms with Crippen LogP contribution in [0.5, 0.6) is 0 Å². The Morgan fingerprint density at radius 3 is 1.62 bits per heavy atom. The van der Waals surface area contributed by atoms with Gasteiger partial charge in [-0.05, 0) is 117 Å². The van der Waals surface area contributed by atoms with Crippen LogP contribution < -0.4 is 0 Å². The fraction of sp³-hybridized carbons (Fsp3) is 0.0784. The number of carboxylic acid groups (broad SMARTS) is 2. The monoisotopic (exact) mass is 967 g/mol. The summed E-state index contributed by atoms with van der Waals surface area (Å²) in [6.45, 7) is 0. The Bertz CT molecular complexity index is 2680. The van der Waals surface area contributed by atoms with E-state index in [-0.39, 0.29) is 37.3 Å². The summed E-state index contributed by atoms with van der Waals surface area (Å²) in [6, 6.07) is 49.5. The van der Waals surface area contributed by atoms with E-state index in [9.17, 15) is 19.8 Å². The molecule has 8 rings (SSSR count). The SMILES string of the molecule is O=C(O)c1ccc(CCc2cc(CCc3ccc(C(=O)O)nc3)cc(-c3cc(F)ccc3-c3cnc(-c4[c-]cccc4)cc3-c3ccc(-c4ccccc4)cc3)c2)cn1.[Ir]. The first-order valence-corrected chi connectivity index (χ1v) is 19.2. The normalized spacial score (nSPS) is 10.8. The van der Waals surface area contributed by atoms with Gasteiger partial charge in [-0.1, -0.05) is 97.1 Å². The van der Waals surface area contributed by atoms with Crippen LogP contribution in [0.2, 0.25) is 0 Å². The number of aromatic carboxylic acids is 2. The van der Waals surface area contributed by atoms with Gasteiger partial charge in [0.25, 0.3) is 0 Å². The van der Waals surface area contributed by atoms with E-state index in [0.29, 0.717) is 31.2 Å². The van der Waals surface area contributed by atoms with Crippen LogP contribution >= 0.6 is 0 Å². The van der Waals surface area contributed by atoms with Gasteiger partial charge >= 0.3 is 11.9 Å². The second-order valence-corrected chi connectivity index (χ2v) is 14.3. The standard InChI is InChI=1S/C51H37FN3O4.Ir/c52-42-21-22-43(46-32-55-49(40-9-5-2-6-10-40)29-45(46)39-19-17-38(18-20-39)37-7-3-1-4-8-37)44(28-42)41-26-35(13-11-33-15-23-47(50(56)57)53-30-33)25-36(27-41)14-12-34-16-24-48(51(58)59)54-31-34;/h1-9,15-32H,11-14H2,(H,56,57)(H,58,59);/q-1;. The fourth-order valence-electron chi connectivity index (χ4n) is 7.25. The van der Waals surface area contributed by atoms with Crippen molar-refractivity contribution in [1.82, 2.24) is 15.0 Å². The number of nitrogens with zero attached hydrogens (tertiary/aromatic N) is 3. The number of benzene rings is 5. The molecule has 0 spiro atoms. The molecule has 0 aliphatic rings. The number of halogens is 1. The summed E-state index contributed by atoms with van der Waals surface area (Å²) < 4.78 is 15.5. The second-order valence-electron chi connectivity index (χ2n) is 14.3. The van der Waals surface area contributed by atoms with Crippen molar-refractivity contribution in [1.29, 1.82) is 0 Å². The number of aryl methyl sites for hydroxylation is 4. The third-order valence-electron chi connectivity index (χ3n) is 10.3. The van der Waals surface area contributed by atoms with Crippen molar-refractivity contribution in [2.45, 2.75) is 25.7 Å². The quantitative estimate of drug-likeness (QED) is 0.111. The number of aromatic nitrogens is 3. The minimum absolute atomic E-state index is 0. The van der Waals surface area contributed by atoms with Crippen molar-refractivity contribution in [2.24, 2.45) is 0 Å². The van der Waals surface area contributed by atoms with Gasteiger partial charge in [-0.3, -0.25) is 0 Å². The van der Waals surface area contributed by atoms with Gasteiger partial charge in [-0.25, -0.2) is 23.9 Å². The van der Waals surface area contributed by atoms with Crippen LogP contribution in [-0.2, 0) is 45.8 Å². The fourth-order valence-corrected chi connectivity index (χ4v) is 7.25. The van der Waals surface area contributed by atoms with Crippen LogP contribution in [0.4, 0.5) is 4.39 Å². The molecule has 2 N–H and O–H groups in total. The number of hydrogen-bond donors (Lipinski definition) is 2. The first-order valence-electron chi connectivity index (χ1n) is 19.2. The average molecular weight is 967 g/mol. The Morgan fingerprint density at radius 2 is 1.05 bits per heavy atom. The number of carboxylic acids is 2. The maximum Gasteiger partial charge on any atom is 0.354 e. The molecule has 3 aromatic heterocycles. The molecule has 1 radical (unpaired) electrons. The molecule has 0 aliphatic carbocycles. The summed E-state index contributed by atoms with van der Waals surface area (Å²) in [7, 11) is 0. The Morgan fingerprint density at radius 1 is 0.483 bits per heavy atom. The first kappa shape index (κ1) is 41.2. The van der Waals surface area contributed by atoms with Gasteiger partial charge in [0.2, 0.25) is 0 Å². The van der Waals surface area contributed by atoms with Gasteiger partial charge in [0.1, 0.15) is 17.2 Å². The minimum atomic E-state index is -1.08. The van der Waals surface area contributed by atoms with Crippen molar-refractivity contribution in [3.8, 4) is 55.8 Å². The molecule has 9 heteroatoms. The number of rotatable bonds is 13. The van der Waals surface area contributed by atoms with E-state index in [1.165, 1.54) is 18.2 Å². The molecule has 5 aromatic carbocycles. The molecule has 0 saturated heterocycles. The van der Waals surface area contributed by atoms with E-state index in [1.54, 1.807) is 30.6 Å². The predicted molar refractivity (Wildman–Crippen MR) is 227 cm³/mol. The zero-order valence-corrected chi connectivity index (χ0v) is 34.6. The largest absolute Gasteiger partial charge is 0.477 e. The van der Waals surface area contributed by atoms with Gasteiger partial charge in [-0.15, -0.1) is 35.9 Å². The Balaban J connectivity index is 0.00000544. The molecule has 297 valence electrons. The predicted octanol–water partition coefficient (Wildman–Crippen LogP) is 11.1. The number of pyridine rings is 3. The molecule has 0 fully saturated rings. The third kappa shape index (κ3) is 9.67. The van der Waals surface area contributed by atoms with E-state index >= 15 is 4.39 Å². The molecule has 0 unspecified atom stereocenters. The molecule has 0 atom stereocenters. The Kier molecular flexibility index (Phi) is 12.9. The summed E-state index contributed by atoms with van der Waals surface area (Å²) in [5.41, 5.74) is 12.7. The molecular weight excluding hydrogens is 930 g/mol. The molecule has 0 bridgehead atoms. The minimum Gasteiger partial charge on any atom is -0.477 e. The topological polar surface area (TPSA) is 113 Å². The van der Waals surface area contributed by atoms with Gasteiger partial charge in [0, 0.05) is 44.3 Å². The first-order chi connectivity index (χ1) is 28.8. The van der Waals surface area contributed by atoms with E-state index in [1.807, 2.05) is 54.7 Å². The van der Waals surface area contributed by atoms with Crippen LogP contribution in [0.3, 0.4) is 0 Å². The molecule has 0 saturated carbocycles. The van der Waals surface area contributed by atoms with E-state index in [4.69, 9.17) is 4.98 Å². The third-order valence-corrected chi connectivity index (χ3v) is 10.3. The average Bonchev–Trinajstić information content (AvgIpc) is 3.28. The van der Waals surface area contributed by atoms with Crippen LogP contribution in [-0.4, -0.2) is 37.1 Å². The molecule has 3 heterocycles. The second kappa shape index (κ2) is 18.8. The Hall–Kier alpha value is -6.93. The van der Waals surface area contributed by atoms with Crippen molar-refractivity contribution in [3.63, 3.8) is 0 Å². The van der Waals surface area contributed by atoms with Gasteiger partial charge in [0.05, 0.1) is 0 Å². The van der Waals surface area contributed by atoms with Crippen LogP contribution in [0, 0.1) is 11.9 Å². The number of carbonyl (C=O) groups is 2. The molecule has 0 amide bonds. The summed E-state index contributed by atoms with van der Waals surface area (Å²) in [5, 5.41) is 18.6. The maximum absolute atomic E-state index is 15.5. The Labute approximate surface area is 360 Å². The van der Waals surface area contributed by atoms with E-state index < -0.39 is 11.9 Å². The molecule has 60 heavy (non-hydrogen) atoms. The van der Waals surface area contributed by atoms with E-state index in [0.717, 1.165) is 72.5 Å². The molecule has 7 nitrogen and oxygen atoms in total. The van der Waals surface area contributed by atoms with E-state index in [2.05, 4.69) is 76.7 Å².